The van der Waals surface area contributed by atoms with Crippen LogP contribution in [0, 0.1) is 11.8 Å². The topological polar surface area (TPSA) is 84.4 Å². The third kappa shape index (κ3) is 6.29. The molecule has 10 heteroatoms. The molecular formula is C33H47BrN4O4S. The number of halogens is 1. The molecule has 3 aliphatic rings. The Morgan fingerprint density at radius 2 is 1.67 bits per heavy atom. The summed E-state index contributed by atoms with van der Waals surface area (Å²) in [4.78, 5) is 50.5. The van der Waals surface area contributed by atoms with Crippen LogP contribution in [0.4, 0.5) is 11.4 Å². The van der Waals surface area contributed by atoms with Gasteiger partial charge in [0.15, 0.2) is 0 Å². The van der Waals surface area contributed by atoms with Gasteiger partial charge in [0.05, 0.1) is 16.6 Å². The number of alkyl halides is 1. The molecule has 8 nitrogen and oxygen atoms in total. The molecule has 1 aromatic rings. The van der Waals surface area contributed by atoms with Gasteiger partial charge in [-0.25, -0.2) is 0 Å². The summed E-state index contributed by atoms with van der Waals surface area (Å²) in [6.45, 7) is 15.1. The van der Waals surface area contributed by atoms with E-state index in [1.807, 2.05) is 24.3 Å². The summed E-state index contributed by atoms with van der Waals surface area (Å²) in [5, 5.41) is 9.14. The molecule has 236 valence electrons. The fourth-order valence-electron chi connectivity index (χ4n) is 7.25. The van der Waals surface area contributed by atoms with Crippen LogP contribution in [-0.4, -0.2) is 99.9 Å². The van der Waals surface area contributed by atoms with Crippen molar-refractivity contribution < 1.29 is 19.5 Å². The summed E-state index contributed by atoms with van der Waals surface area (Å²) < 4.78 is -0.700. The first-order chi connectivity index (χ1) is 20.7. The number of likely N-dealkylation sites (N-methyl/N-ethyl adjacent to an activating group) is 1. The first kappa shape index (κ1) is 33.6. The highest BCUT2D eigenvalue weighted by atomic mass is 79.9. The number of unbranched alkanes of at least 4 members (excludes halogenated alkanes) is 3. The van der Waals surface area contributed by atoms with Gasteiger partial charge in [-0.1, -0.05) is 40.9 Å². The van der Waals surface area contributed by atoms with Crippen LogP contribution >= 0.6 is 27.7 Å². The van der Waals surface area contributed by atoms with Crippen molar-refractivity contribution in [3.05, 3.63) is 49.6 Å². The zero-order valence-corrected chi connectivity index (χ0v) is 28.2. The third-order valence-electron chi connectivity index (χ3n) is 9.26. The summed E-state index contributed by atoms with van der Waals surface area (Å²) in [5.41, 5.74) is 1.86. The molecule has 43 heavy (non-hydrogen) atoms. The van der Waals surface area contributed by atoms with Crippen LogP contribution in [-0.2, 0) is 14.4 Å². The number of rotatable bonds is 16. The zero-order chi connectivity index (χ0) is 31.3. The Balaban J connectivity index is 1.72. The van der Waals surface area contributed by atoms with Gasteiger partial charge in [0, 0.05) is 67.8 Å². The number of aliphatic hydroxyl groups excluding tert-OH is 1. The van der Waals surface area contributed by atoms with Gasteiger partial charge in [0.25, 0.3) is 5.91 Å². The number of anilines is 2. The summed E-state index contributed by atoms with van der Waals surface area (Å²) in [6.07, 6.45) is 7.24. The minimum atomic E-state index is -0.700. The predicted molar refractivity (Wildman–Crippen MR) is 180 cm³/mol. The molecule has 6 atom stereocenters. The van der Waals surface area contributed by atoms with Crippen molar-refractivity contribution in [1.82, 2.24) is 9.80 Å². The van der Waals surface area contributed by atoms with Crippen molar-refractivity contribution in [2.45, 2.75) is 66.8 Å². The number of likely N-dealkylation sites (tertiary alicyclic amines) is 1. The number of hydrogen-bond acceptors (Lipinski definition) is 6. The number of amides is 3. The van der Waals surface area contributed by atoms with Crippen molar-refractivity contribution in [3.63, 3.8) is 0 Å². The maximum atomic E-state index is 14.8. The lowest BCUT2D eigenvalue weighted by atomic mass is 9.70. The van der Waals surface area contributed by atoms with Gasteiger partial charge in [0.1, 0.15) is 6.04 Å². The molecule has 0 radical (unpaired) electrons. The number of hydrogen-bond donors (Lipinski definition) is 1. The minimum absolute atomic E-state index is 0.0219. The second kappa shape index (κ2) is 14.7. The van der Waals surface area contributed by atoms with Gasteiger partial charge < -0.3 is 24.7 Å². The molecule has 3 fully saturated rings. The monoisotopic (exact) mass is 674 g/mol. The maximum Gasteiger partial charge on any atom is 0.251 e. The molecule has 1 spiro atoms. The van der Waals surface area contributed by atoms with Crippen molar-refractivity contribution in [1.29, 1.82) is 0 Å². The average molecular weight is 676 g/mol. The van der Waals surface area contributed by atoms with E-state index in [9.17, 15) is 19.5 Å². The second-order valence-electron chi connectivity index (χ2n) is 11.8. The molecule has 3 heterocycles. The van der Waals surface area contributed by atoms with Gasteiger partial charge in [-0.2, -0.15) is 0 Å². The molecule has 0 aliphatic carbocycles. The van der Waals surface area contributed by atoms with Crippen molar-refractivity contribution in [3.8, 4) is 0 Å². The van der Waals surface area contributed by atoms with Crippen molar-refractivity contribution in [2.75, 3.05) is 56.2 Å². The predicted octanol–water partition coefficient (Wildman–Crippen LogP) is 4.71. The first-order valence-electron chi connectivity index (χ1n) is 15.6. The molecule has 1 aromatic carbocycles. The molecule has 3 aliphatic heterocycles. The van der Waals surface area contributed by atoms with Crippen LogP contribution in [0.5, 0.6) is 0 Å². The Morgan fingerprint density at radius 3 is 2.28 bits per heavy atom. The molecular weight excluding hydrogens is 628 g/mol. The van der Waals surface area contributed by atoms with E-state index in [0.717, 1.165) is 43.7 Å². The number of aliphatic hydroxyl groups is 1. The van der Waals surface area contributed by atoms with Crippen LogP contribution in [0.1, 0.15) is 46.0 Å². The van der Waals surface area contributed by atoms with Crippen molar-refractivity contribution >= 4 is 56.8 Å². The molecule has 3 saturated heterocycles. The van der Waals surface area contributed by atoms with E-state index in [2.05, 4.69) is 47.8 Å². The minimum Gasteiger partial charge on any atom is -0.396 e. The lowest BCUT2D eigenvalue weighted by Gasteiger charge is -2.38. The zero-order valence-electron chi connectivity index (χ0n) is 25.8. The lowest BCUT2D eigenvalue weighted by molar-refractivity contribution is -0.143. The Hall–Kier alpha value is -2.30. The standard InChI is InChI=1S/C33H47BrN4O4S/c1-6-18-35(5)30(40)26-27-31(41)38(20-12-10-11-13-21-39)29(33(27)22-25(34)28(26)43-33)32(42)37(19-7-2)24-16-14-23(15-17-24)36(8-3)9-4/h6-7,14-17,25-29,39H,1-2,8-13,18-22H2,3-5H3/t25?,26-,27+,28-,29?,33?/m1/s1. The van der Waals surface area contributed by atoms with Crippen molar-refractivity contribution in [2.24, 2.45) is 11.8 Å². The number of fused-ring (bicyclic) bond motifs is 1. The molecule has 2 bridgehead atoms. The number of thioether (sulfide) groups is 1. The summed E-state index contributed by atoms with van der Waals surface area (Å²) in [7, 11) is 1.76. The first-order valence-corrected chi connectivity index (χ1v) is 17.4. The van der Waals surface area contributed by atoms with E-state index in [-0.39, 0.29) is 34.4 Å². The van der Waals surface area contributed by atoms with Crippen LogP contribution in [0.25, 0.3) is 0 Å². The third-order valence-corrected chi connectivity index (χ3v) is 12.5. The number of nitrogens with zero attached hydrogens (tertiary/aromatic N) is 4. The molecule has 0 saturated carbocycles. The van der Waals surface area contributed by atoms with Gasteiger partial charge in [-0.15, -0.1) is 24.9 Å². The van der Waals surface area contributed by atoms with Crippen LogP contribution < -0.4 is 9.80 Å². The Bertz CT molecular complexity index is 1180. The number of carbonyl (C=O) groups is 3. The molecule has 0 aromatic heterocycles. The van der Waals surface area contributed by atoms with Gasteiger partial charge >= 0.3 is 0 Å². The van der Waals surface area contributed by atoms with E-state index in [1.54, 1.807) is 45.7 Å². The highest BCUT2D eigenvalue weighted by Crippen LogP contribution is 2.68. The van der Waals surface area contributed by atoms with Crippen LogP contribution in [0.2, 0.25) is 0 Å². The molecule has 4 rings (SSSR count). The fraction of sp³-hybridized carbons (Fsp3) is 0.606. The molecule has 3 amide bonds. The van der Waals surface area contributed by atoms with Crippen LogP contribution in [0.15, 0.2) is 49.6 Å². The van der Waals surface area contributed by atoms with E-state index in [0.29, 0.717) is 32.5 Å². The van der Waals surface area contributed by atoms with E-state index >= 15 is 0 Å². The van der Waals surface area contributed by atoms with Crippen LogP contribution in [0.3, 0.4) is 0 Å². The normalized spacial score (nSPS) is 27.2. The number of benzene rings is 1. The SMILES string of the molecule is C=CCN(C)C(=O)[C@H]1[C@@H]2SC3(CC2Br)C(C(=O)N(CC=C)c2ccc(N(CC)CC)cc2)N(CCCCCCO)C(=O)[C@H]13. The summed E-state index contributed by atoms with van der Waals surface area (Å²) in [6, 6.07) is 7.34. The van der Waals surface area contributed by atoms with Gasteiger partial charge in [0.2, 0.25) is 11.8 Å². The maximum absolute atomic E-state index is 14.8. The van der Waals surface area contributed by atoms with E-state index in [4.69, 9.17) is 0 Å². The Labute approximate surface area is 269 Å². The highest BCUT2D eigenvalue weighted by molar-refractivity contribution is 9.09. The lowest BCUT2D eigenvalue weighted by Crippen LogP contribution is -2.56. The van der Waals surface area contributed by atoms with E-state index < -0.39 is 22.6 Å². The van der Waals surface area contributed by atoms with E-state index in [1.165, 1.54) is 0 Å². The van der Waals surface area contributed by atoms with Gasteiger partial charge in [-0.05, 0) is 57.4 Å². The fourth-order valence-corrected chi connectivity index (χ4v) is 10.8. The Kier molecular flexibility index (Phi) is 11.4. The summed E-state index contributed by atoms with van der Waals surface area (Å²) in [5.74, 6) is -1.33. The summed E-state index contributed by atoms with van der Waals surface area (Å²) >= 11 is 5.53. The molecule has 3 unspecified atom stereocenters. The highest BCUT2D eigenvalue weighted by Gasteiger charge is 2.75. The second-order valence-corrected chi connectivity index (χ2v) is 14.5. The quantitative estimate of drug-likeness (QED) is 0.155. The largest absolute Gasteiger partial charge is 0.396 e. The average Bonchev–Trinajstić information content (AvgIpc) is 3.59. The smallest absolute Gasteiger partial charge is 0.251 e. The van der Waals surface area contributed by atoms with Gasteiger partial charge in [-0.3, -0.25) is 14.4 Å². The molecule has 1 N–H and O–H groups in total. The number of carbonyl (C=O) groups excluding carboxylic acids is 3. The Morgan fingerprint density at radius 1 is 1.05 bits per heavy atom.